The maximum Gasteiger partial charge on any atom is 0.248 e. The van der Waals surface area contributed by atoms with Crippen LogP contribution >= 0.6 is 0 Å². The molecule has 0 unspecified atom stereocenters. The number of carbonyl (C=O) groups excluding carboxylic acids is 2. The van der Waals surface area contributed by atoms with Gasteiger partial charge in [-0.15, -0.1) is 0 Å². The summed E-state index contributed by atoms with van der Waals surface area (Å²) in [5, 5.41) is 2.90. The number of piperazine rings is 2. The Bertz CT molecular complexity index is 843. The van der Waals surface area contributed by atoms with E-state index in [0.717, 1.165) is 18.7 Å². The van der Waals surface area contributed by atoms with E-state index in [2.05, 4.69) is 22.3 Å². The van der Waals surface area contributed by atoms with Crippen LogP contribution in [0, 0.1) is 0 Å². The Morgan fingerprint density at radius 3 is 2.34 bits per heavy atom. The number of ether oxygens (including phenoxy) is 1. The maximum atomic E-state index is 13.0. The molecule has 0 bridgehead atoms. The summed E-state index contributed by atoms with van der Waals surface area (Å²) in [4.78, 5) is 29.8. The lowest BCUT2D eigenvalue weighted by Gasteiger charge is -2.46. The van der Waals surface area contributed by atoms with Crippen molar-refractivity contribution >= 4 is 11.8 Å². The van der Waals surface area contributed by atoms with Crippen molar-refractivity contribution in [1.82, 2.24) is 15.1 Å². The number of fused-ring (bicyclic) bond motifs is 1. The topological polar surface area (TPSA) is 61.9 Å². The van der Waals surface area contributed by atoms with Gasteiger partial charge in [-0.3, -0.25) is 14.5 Å². The molecule has 2 aromatic carbocycles. The van der Waals surface area contributed by atoms with Crippen molar-refractivity contribution in [3.63, 3.8) is 0 Å². The Kier molecular flexibility index (Phi) is 5.92. The van der Waals surface area contributed by atoms with Gasteiger partial charge in [0, 0.05) is 26.2 Å². The van der Waals surface area contributed by atoms with Crippen molar-refractivity contribution in [2.24, 2.45) is 0 Å². The summed E-state index contributed by atoms with van der Waals surface area (Å²) in [6.45, 7) is 4.92. The first-order chi connectivity index (χ1) is 14.1. The molecule has 2 saturated heterocycles. The van der Waals surface area contributed by atoms with E-state index >= 15 is 0 Å². The lowest BCUT2D eigenvalue weighted by Crippen LogP contribution is -2.71. The highest BCUT2D eigenvalue weighted by molar-refractivity contribution is 5.97. The molecule has 2 aliphatic rings. The maximum absolute atomic E-state index is 13.0. The zero-order valence-electron chi connectivity index (χ0n) is 16.7. The molecule has 2 aromatic rings. The fourth-order valence-electron chi connectivity index (χ4n) is 4.02. The van der Waals surface area contributed by atoms with Gasteiger partial charge in [-0.05, 0) is 18.1 Å². The molecule has 3 atom stereocenters. The summed E-state index contributed by atoms with van der Waals surface area (Å²) in [6, 6.07) is 19.0. The van der Waals surface area contributed by atoms with Crippen molar-refractivity contribution in [2.45, 2.75) is 38.3 Å². The van der Waals surface area contributed by atoms with Gasteiger partial charge >= 0.3 is 0 Å². The predicted molar refractivity (Wildman–Crippen MR) is 110 cm³/mol. The second-order valence-corrected chi connectivity index (χ2v) is 7.76. The van der Waals surface area contributed by atoms with E-state index in [4.69, 9.17) is 4.74 Å². The lowest BCUT2D eigenvalue weighted by atomic mass is 10.0. The summed E-state index contributed by atoms with van der Waals surface area (Å²) < 4.78 is 5.89. The monoisotopic (exact) mass is 393 g/mol. The second-order valence-electron chi connectivity index (χ2n) is 7.76. The van der Waals surface area contributed by atoms with Crippen LogP contribution in [0.15, 0.2) is 60.7 Å². The number of benzene rings is 2. The molecule has 29 heavy (non-hydrogen) atoms. The van der Waals surface area contributed by atoms with Crippen molar-refractivity contribution < 1.29 is 14.3 Å². The van der Waals surface area contributed by atoms with Crippen LogP contribution < -0.4 is 5.32 Å². The molecular weight excluding hydrogens is 366 g/mol. The van der Waals surface area contributed by atoms with Gasteiger partial charge in [0.15, 0.2) is 0 Å². The van der Waals surface area contributed by atoms with E-state index in [1.54, 1.807) is 4.90 Å². The minimum absolute atomic E-state index is 0.0467. The average molecular weight is 393 g/mol. The van der Waals surface area contributed by atoms with Crippen LogP contribution in [-0.4, -0.2) is 59.4 Å². The van der Waals surface area contributed by atoms with Crippen LogP contribution in [0.2, 0.25) is 0 Å². The van der Waals surface area contributed by atoms with E-state index in [-0.39, 0.29) is 11.8 Å². The van der Waals surface area contributed by atoms with Gasteiger partial charge in [0.05, 0.1) is 12.7 Å². The number of amides is 2. The van der Waals surface area contributed by atoms with Gasteiger partial charge < -0.3 is 15.0 Å². The van der Waals surface area contributed by atoms with Crippen LogP contribution in [0.4, 0.5) is 0 Å². The van der Waals surface area contributed by atoms with Crippen molar-refractivity contribution in [2.75, 3.05) is 19.6 Å². The normalized spacial score (nSPS) is 23.4. The third-order valence-electron chi connectivity index (χ3n) is 5.69. The molecule has 4 rings (SSSR count). The highest BCUT2D eigenvalue weighted by atomic mass is 16.5. The molecule has 2 fully saturated rings. The zero-order valence-corrected chi connectivity index (χ0v) is 16.7. The molecule has 0 aromatic heterocycles. The molecule has 2 aliphatic heterocycles. The molecule has 0 spiro atoms. The fraction of sp³-hybridized carbons (Fsp3) is 0.391. The molecule has 0 aliphatic carbocycles. The number of hydrogen-bond donors (Lipinski definition) is 1. The lowest BCUT2D eigenvalue weighted by molar-refractivity contribution is -0.157. The molecular formula is C23H27N3O3. The average Bonchev–Trinajstić information content (AvgIpc) is 2.76. The van der Waals surface area contributed by atoms with Gasteiger partial charge in [-0.25, -0.2) is 0 Å². The molecule has 152 valence electrons. The standard InChI is InChI=1S/C23H27N3O3/c1-17(29-16-19-10-6-3-7-11-19)21-23(28)26-13-12-25(15-20(26)22(27)24-21)14-18-8-4-2-5-9-18/h2-11,17,20-21H,12-16H2,1H3,(H,24,27)/t17-,20-,21+/m1/s1. The molecule has 2 amide bonds. The van der Waals surface area contributed by atoms with Gasteiger partial charge in [0.2, 0.25) is 11.8 Å². The number of nitrogens with one attached hydrogen (secondary N) is 1. The molecule has 0 saturated carbocycles. The van der Waals surface area contributed by atoms with Crippen molar-refractivity contribution in [3.8, 4) is 0 Å². The summed E-state index contributed by atoms with van der Waals surface area (Å²) in [7, 11) is 0. The van der Waals surface area contributed by atoms with E-state index < -0.39 is 18.2 Å². The van der Waals surface area contributed by atoms with E-state index in [1.165, 1.54) is 5.56 Å². The minimum atomic E-state index is -0.636. The van der Waals surface area contributed by atoms with Gasteiger partial charge in [0.1, 0.15) is 12.1 Å². The van der Waals surface area contributed by atoms with Crippen LogP contribution in [0.1, 0.15) is 18.1 Å². The fourth-order valence-corrected chi connectivity index (χ4v) is 4.02. The number of carbonyl (C=O) groups is 2. The summed E-state index contributed by atoms with van der Waals surface area (Å²) in [6.07, 6.45) is -0.394. The smallest absolute Gasteiger partial charge is 0.248 e. The van der Waals surface area contributed by atoms with Crippen LogP contribution in [-0.2, 0) is 27.5 Å². The minimum Gasteiger partial charge on any atom is -0.371 e. The Hall–Kier alpha value is -2.70. The first-order valence-electron chi connectivity index (χ1n) is 10.1. The van der Waals surface area contributed by atoms with Crippen LogP contribution in [0.25, 0.3) is 0 Å². The first-order valence-corrected chi connectivity index (χ1v) is 10.1. The number of rotatable bonds is 6. The van der Waals surface area contributed by atoms with Gasteiger partial charge in [-0.2, -0.15) is 0 Å². The third kappa shape index (κ3) is 4.49. The molecule has 6 nitrogen and oxygen atoms in total. The van der Waals surface area contributed by atoms with Crippen molar-refractivity contribution in [3.05, 3.63) is 71.8 Å². The number of hydrogen-bond acceptors (Lipinski definition) is 4. The highest BCUT2D eigenvalue weighted by Crippen LogP contribution is 2.20. The van der Waals surface area contributed by atoms with Gasteiger partial charge in [0.25, 0.3) is 0 Å². The molecule has 1 N–H and O–H groups in total. The highest BCUT2D eigenvalue weighted by Gasteiger charge is 2.45. The Morgan fingerprint density at radius 2 is 1.66 bits per heavy atom. The van der Waals surface area contributed by atoms with Crippen LogP contribution in [0.5, 0.6) is 0 Å². The zero-order chi connectivity index (χ0) is 20.2. The quantitative estimate of drug-likeness (QED) is 0.813. The SMILES string of the molecule is C[C@@H](OCc1ccccc1)[C@@H]1NC(=O)[C@H]2CN(Cc3ccccc3)CCN2C1=O. The Labute approximate surface area is 171 Å². The molecule has 0 radical (unpaired) electrons. The van der Waals surface area contributed by atoms with E-state index in [1.807, 2.05) is 55.5 Å². The molecule has 6 heteroatoms. The Morgan fingerprint density at radius 1 is 1.00 bits per heavy atom. The van der Waals surface area contributed by atoms with Crippen LogP contribution in [0.3, 0.4) is 0 Å². The molecule has 2 heterocycles. The predicted octanol–water partition coefficient (Wildman–Crippen LogP) is 1.80. The third-order valence-corrected chi connectivity index (χ3v) is 5.69. The number of nitrogens with zero attached hydrogens (tertiary/aromatic N) is 2. The first kappa shape index (κ1) is 19.6. The largest absolute Gasteiger partial charge is 0.371 e. The van der Waals surface area contributed by atoms with Gasteiger partial charge in [-0.1, -0.05) is 60.7 Å². The summed E-state index contributed by atoms with van der Waals surface area (Å²) in [5.41, 5.74) is 2.26. The van der Waals surface area contributed by atoms with E-state index in [9.17, 15) is 9.59 Å². The van der Waals surface area contributed by atoms with Crippen molar-refractivity contribution in [1.29, 1.82) is 0 Å². The second kappa shape index (κ2) is 8.76. The Balaban J connectivity index is 1.36. The van der Waals surface area contributed by atoms with E-state index in [0.29, 0.717) is 19.7 Å². The summed E-state index contributed by atoms with van der Waals surface area (Å²) in [5.74, 6) is -0.142. The summed E-state index contributed by atoms with van der Waals surface area (Å²) >= 11 is 0.